The summed E-state index contributed by atoms with van der Waals surface area (Å²) in [5, 5.41) is 0.590. The minimum Gasteiger partial charge on any atom is -0.491 e. The topological polar surface area (TPSA) is 35.2 Å². The van der Waals surface area contributed by atoms with Crippen LogP contribution in [0, 0.1) is 0 Å². The normalized spacial score (nSPS) is 21.8. The molecular formula is C14H21NOS. The Balaban J connectivity index is 2.01. The van der Waals surface area contributed by atoms with Crippen molar-refractivity contribution in [2.24, 2.45) is 5.73 Å². The smallest absolute Gasteiger partial charge is 0.119 e. The monoisotopic (exact) mass is 251 g/mol. The molecule has 0 spiro atoms. The molecule has 1 heterocycles. The molecule has 2 nitrogen and oxygen atoms in total. The predicted molar refractivity (Wildman–Crippen MR) is 74.6 cm³/mol. The first kappa shape index (κ1) is 12.8. The van der Waals surface area contributed by atoms with Crippen LogP contribution in [0.5, 0.6) is 5.75 Å². The van der Waals surface area contributed by atoms with E-state index in [1.807, 2.05) is 37.7 Å². The molecule has 2 N–H and O–H groups in total. The van der Waals surface area contributed by atoms with Gasteiger partial charge in [0.25, 0.3) is 0 Å². The van der Waals surface area contributed by atoms with Gasteiger partial charge in [0.2, 0.25) is 0 Å². The second-order valence-corrected chi connectivity index (χ2v) is 6.16. The molecule has 1 aromatic carbocycles. The van der Waals surface area contributed by atoms with Crippen LogP contribution in [0.1, 0.15) is 38.3 Å². The van der Waals surface area contributed by atoms with Crippen molar-refractivity contribution in [3.8, 4) is 5.75 Å². The van der Waals surface area contributed by atoms with Crippen LogP contribution in [-0.4, -0.2) is 17.1 Å². The number of rotatable bonds is 4. The molecule has 2 unspecified atom stereocenters. The zero-order valence-corrected chi connectivity index (χ0v) is 11.4. The van der Waals surface area contributed by atoms with Gasteiger partial charge in [-0.3, -0.25) is 0 Å². The summed E-state index contributed by atoms with van der Waals surface area (Å²) >= 11 is 2.00. The van der Waals surface area contributed by atoms with Gasteiger partial charge < -0.3 is 10.5 Å². The van der Waals surface area contributed by atoms with Crippen molar-refractivity contribution < 1.29 is 4.74 Å². The number of thioether (sulfide) groups is 1. The van der Waals surface area contributed by atoms with Crippen LogP contribution in [0.25, 0.3) is 0 Å². The van der Waals surface area contributed by atoms with Gasteiger partial charge in [-0.05, 0) is 50.1 Å². The van der Waals surface area contributed by atoms with Crippen molar-refractivity contribution in [1.82, 2.24) is 0 Å². The van der Waals surface area contributed by atoms with Crippen molar-refractivity contribution in [1.29, 1.82) is 0 Å². The van der Waals surface area contributed by atoms with Crippen LogP contribution in [0.4, 0.5) is 0 Å². The van der Waals surface area contributed by atoms with Crippen molar-refractivity contribution in [3.63, 3.8) is 0 Å². The minimum absolute atomic E-state index is 0.163. The maximum atomic E-state index is 6.29. The van der Waals surface area contributed by atoms with Gasteiger partial charge in [-0.2, -0.15) is 11.8 Å². The number of benzene rings is 1. The van der Waals surface area contributed by atoms with E-state index in [1.165, 1.54) is 24.2 Å². The Morgan fingerprint density at radius 1 is 1.29 bits per heavy atom. The molecule has 0 aromatic heterocycles. The molecule has 1 aliphatic rings. The van der Waals surface area contributed by atoms with Gasteiger partial charge in [0.1, 0.15) is 5.75 Å². The third-order valence-corrected chi connectivity index (χ3v) is 4.48. The first-order valence-electron chi connectivity index (χ1n) is 6.30. The summed E-state index contributed by atoms with van der Waals surface area (Å²) in [6.07, 6.45) is 2.77. The average molecular weight is 251 g/mol. The summed E-state index contributed by atoms with van der Waals surface area (Å²) in [5.74, 6) is 2.18. The molecule has 1 fully saturated rings. The van der Waals surface area contributed by atoms with Crippen LogP contribution < -0.4 is 10.5 Å². The van der Waals surface area contributed by atoms with E-state index in [1.54, 1.807) is 0 Å². The Hall–Kier alpha value is -0.670. The molecular weight excluding hydrogens is 230 g/mol. The van der Waals surface area contributed by atoms with Gasteiger partial charge in [0, 0.05) is 11.3 Å². The molecule has 1 aromatic rings. The van der Waals surface area contributed by atoms with Crippen molar-refractivity contribution in [2.45, 2.75) is 44.1 Å². The highest BCUT2D eigenvalue weighted by Gasteiger charge is 2.23. The average Bonchev–Trinajstić information content (AvgIpc) is 2.82. The fraction of sp³-hybridized carbons (Fsp3) is 0.571. The summed E-state index contributed by atoms with van der Waals surface area (Å²) in [4.78, 5) is 0. The Morgan fingerprint density at radius 2 is 2.00 bits per heavy atom. The lowest BCUT2D eigenvalue weighted by atomic mass is 10.0. The fourth-order valence-corrected chi connectivity index (χ4v) is 3.48. The Kier molecular flexibility index (Phi) is 4.35. The van der Waals surface area contributed by atoms with E-state index in [9.17, 15) is 0 Å². The van der Waals surface area contributed by atoms with Crippen LogP contribution in [0.2, 0.25) is 0 Å². The zero-order valence-electron chi connectivity index (χ0n) is 10.6. The summed E-state index contributed by atoms with van der Waals surface area (Å²) < 4.78 is 5.63. The lowest BCUT2D eigenvalue weighted by Gasteiger charge is -2.19. The van der Waals surface area contributed by atoms with Crippen molar-refractivity contribution in [3.05, 3.63) is 29.8 Å². The second-order valence-electron chi connectivity index (χ2n) is 4.81. The summed E-state index contributed by atoms with van der Waals surface area (Å²) in [7, 11) is 0. The molecule has 0 aliphatic carbocycles. The Morgan fingerprint density at radius 3 is 2.53 bits per heavy atom. The van der Waals surface area contributed by atoms with Crippen LogP contribution in [0.3, 0.4) is 0 Å². The lowest BCUT2D eigenvalue weighted by molar-refractivity contribution is 0.242. The Labute approximate surface area is 108 Å². The fourth-order valence-electron chi connectivity index (χ4n) is 2.14. The quantitative estimate of drug-likeness (QED) is 0.891. The minimum atomic E-state index is 0.163. The Bertz CT molecular complexity index is 344. The molecule has 0 bridgehead atoms. The van der Waals surface area contributed by atoms with Crippen LogP contribution in [-0.2, 0) is 0 Å². The summed E-state index contributed by atoms with van der Waals surface area (Å²) in [5.41, 5.74) is 7.51. The van der Waals surface area contributed by atoms with E-state index >= 15 is 0 Å². The first-order valence-corrected chi connectivity index (χ1v) is 7.35. The maximum Gasteiger partial charge on any atom is 0.119 e. The highest BCUT2D eigenvalue weighted by molar-refractivity contribution is 8.00. The zero-order chi connectivity index (χ0) is 12.3. The molecule has 0 radical (unpaired) electrons. The van der Waals surface area contributed by atoms with Gasteiger partial charge in [-0.1, -0.05) is 12.1 Å². The van der Waals surface area contributed by atoms with E-state index in [2.05, 4.69) is 12.1 Å². The third kappa shape index (κ3) is 3.39. The van der Waals surface area contributed by atoms with E-state index in [4.69, 9.17) is 10.5 Å². The molecule has 0 saturated carbocycles. The van der Waals surface area contributed by atoms with Gasteiger partial charge >= 0.3 is 0 Å². The largest absolute Gasteiger partial charge is 0.491 e. The highest BCUT2D eigenvalue weighted by atomic mass is 32.2. The number of hydrogen-bond donors (Lipinski definition) is 1. The van der Waals surface area contributed by atoms with Gasteiger partial charge in [-0.25, -0.2) is 0 Å². The van der Waals surface area contributed by atoms with E-state index < -0.39 is 0 Å². The summed E-state index contributed by atoms with van der Waals surface area (Å²) in [6.45, 7) is 4.07. The van der Waals surface area contributed by atoms with Crippen LogP contribution in [0.15, 0.2) is 24.3 Å². The van der Waals surface area contributed by atoms with Gasteiger partial charge in [-0.15, -0.1) is 0 Å². The first-order chi connectivity index (χ1) is 8.16. The molecule has 0 amide bonds. The molecule has 3 heteroatoms. The highest BCUT2D eigenvalue weighted by Crippen LogP contribution is 2.34. The van der Waals surface area contributed by atoms with Crippen molar-refractivity contribution >= 4 is 11.8 Å². The molecule has 2 atom stereocenters. The number of ether oxygens (including phenoxy) is 1. The maximum absolute atomic E-state index is 6.29. The van der Waals surface area contributed by atoms with E-state index in [-0.39, 0.29) is 12.1 Å². The lowest BCUT2D eigenvalue weighted by Crippen LogP contribution is -2.21. The molecule has 94 valence electrons. The van der Waals surface area contributed by atoms with Gasteiger partial charge in [0.05, 0.1) is 6.10 Å². The standard InChI is InChI=1S/C14H21NOS/c1-10(2)16-12-7-5-11(6-8-12)14(15)13-4-3-9-17-13/h5-8,10,13-14H,3-4,9,15H2,1-2H3. The van der Waals surface area contributed by atoms with E-state index in [0.717, 1.165) is 5.75 Å². The molecule has 1 saturated heterocycles. The summed E-state index contributed by atoms with van der Waals surface area (Å²) in [6, 6.07) is 8.40. The van der Waals surface area contributed by atoms with E-state index in [0.29, 0.717) is 5.25 Å². The van der Waals surface area contributed by atoms with Crippen molar-refractivity contribution in [2.75, 3.05) is 5.75 Å². The SMILES string of the molecule is CC(C)Oc1ccc(C(N)C2CCCS2)cc1. The third-order valence-electron chi connectivity index (χ3n) is 3.00. The van der Waals surface area contributed by atoms with Crippen LogP contribution >= 0.6 is 11.8 Å². The number of nitrogens with two attached hydrogens (primary N) is 1. The number of hydrogen-bond acceptors (Lipinski definition) is 3. The molecule has 1 aliphatic heterocycles. The second kappa shape index (κ2) is 5.78. The predicted octanol–water partition coefficient (Wildman–Crippen LogP) is 3.37. The van der Waals surface area contributed by atoms with Gasteiger partial charge in [0.15, 0.2) is 0 Å². The molecule has 2 rings (SSSR count). The molecule has 17 heavy (non-hydrogen) atoms.